The van der Waals surface area contributed by atoms with Crippen LogP contribution in [0.2, 0.25) is 0 Å². The molecule has 126 valence electrons. The molecule has 2 aliphatic heterocycles. The second-order valence-corrected chi connectivity index (χ2v) is 7.20. The van der Waals surface area contributed by atoms with Gasteiger partial charge < -0.3 is 20.2 Å². The summed E-state index contributed by atoms with van der Waals surface area (Å²) in [5.74, 6) is 0.207. The molecule has 2 heterocycles. The smallest absolute Gasteiger partial charge is 0.239 e. The molecule has 2 N–H and O–H groups in total. The van der Waals surface area contributed by atoms with Crippen molar-refractivity contribution in [3.05, 3.63) is 0 Å². The summed E-state index contributed by atoms with van der Waals surface area (Å²) in [5.41, 5.74) is -0.111. The molecule has 0 bridgehead atoms. The highest BCUT2D eigenvalue weighted by Crippen LogP contribution is 2.30. The number of rotatable bonds is 4. The van der Waals surface area contributed by atoms with Crippen LogP contribution >= 0.6 is 0 Å². The Labute approximate surface area is 132 Å². The Hall–Kier alpha value is -1.14. The number of hydrogen-bond acceptors (Lipinski definition) is 4. The highest BCUT2D eigenvalue weighted by molar-refractivity contribution is 5.82. The first kappa shape index (κ1) is 17.2. The number of β-amino-alcohol motifs (C(OH)–C–C–N with tert-alkyl or cyclic N) is 1. The van der Waals surface area contributed by atoms with Gasteiger partial charge in [-0.2, -0.15) is 0 Å². The van der Waals surface area contributed by atoms with Crippen LogP contribution in [-0.2, 0) is 9.59 Å². The summed E-state index contributed by atoms with van der Waals surface area (Å²) in [6.45, 7) is 9.26. The molecule has 0 saturated carbocycles. The van der Waals surface area contributed by atoms with E-state index in [0.717, 1.165) is 13.0 Å². The maximum absolute atomic E-state index is 12.2. The van der Waals surface area contributed by atoms with Crippen molar-refractivity contribution in [1.29, 1.82) is 0 Å². The van der Waals surface area contributed by atoms with Gasteiger partial charge in [0.2, 0.25) is 11.8 Å². The van der Waals surface area contributed by atoms with E-state index in [1.54, 1.807) is 4.90 Å². The minimum atomic E-state index is -0.458. The maximum atomic E-state index is 12.2. The molecule has 2 rings (SSSR count). The van der Waals surface area contributed by atoms with Gasteiger partial charge in [-0.15, -0.1) is 0 Å². The molecule has 2 fully saturated rings. The van der Waals surface area contributed by atoms with Crippen molar-refractivity contribution in [2.24, 2.45) is 5.41 Å². The van der Waals surface area contributed by atoms with E-state index in [1.165, 1.54) is 0 Å². The zero-order valence-corrected chi connectivity index (χ0v) is 14.0. The largest absolute Gasteiger partial charge is 0.391 e. The average molecular weight is 311 g/mol. The topological polar surface area (TPSA) is 72.9 Å². The van der Waals surface area contributed by atoms with E-state index in [1.807, 2.05) is 25.7 Å². The van der Waals surface area contributed by atoms with Crippen LogP contribution in [-0.4, -0.2) is 71.6 Å². The van der Waals surface area contributed by atoms with Crippen LogP contribution in [0.1, 0.15) is 40.0 Å². The van der Waals surface area contributed by atoms with Gasteiger partial charge in [0.15, 0.2) is 0 Å². The fourth-order valence-corrected chi connectivity index (χ4v) is 3.05. The van der Waals surface area contributed by atoms with Crippen LogP contribution in [0, 0.1) is 5.41 Å². The number of amides is 2. The van der Waals surface area contributed by atoms with Gasteiger partial charge in [0, 0.05) is 39.1 Å². The number of aliphatic hydroxyl groups is 1. The van der Waals surface area contributed by atoms with E-state index in [0.29, 0.717) is 39.0 Å². The Morgan fingerprint density at radius 2 is 2.14 bits per heavy atom. The maximum Gasteiger partial charge on any atom is 0.239 e. The Kier molecular flexibility index (Phi) is 5.45. The summed E-state index contributed by atoms with van der Waals surface area (Å²) in [4.78, 5) is 27.8. The van der Waals surface area contributed by atoms with Gasteiger partial charge in [0.1, 0.15) is 0 Å². The van der Waals surface area contributed by atoms with Gasteiger partial charge in [-0.25, -0.2) is 0 Å². The number of nitrogens with zero attached hydrogens (tertiary/aromatic N) is 2. The van der Waals surface area contributed by atoms with Crippen molar-refractivity contribution in [2.45, 2.75) is 52.2 Å². The third-order valence-electron chi connectivity index (χ3n) is 5.01. The number of likely N-dealkylation sites (tertiary alicyclic amines) is 1. The van der Waals surface area contributed by atoms with E-state index in [4.69, 9.17) is 0 Å². The van der Waals surface area contributed by atoms with E-state index < -0.39 is 6.10 Å². The normalized spacial score (nSPS) is 28.8. The summed E-state index contributed by atoms with van der Waals surface area (Å²) >= 11 is 0. The molecule has 2 unspecified atom stereocenters. The molecule has 0 aromatic carbocycles. The first-order valence-corrected chi connectivity index (χ1v) is 8.29. The van der Waals surface area contributed by atoms with Gasteiger partial charge in [0.05, 0.1) is 12.1 Å². The molecule has 22 heavy (non-hydrogen) atoms. The summed E-state index contributed by atoms with van der Waals surface area (Å²) in [7, 11) is 0. The molecule has 2 atom stereocenters. The quantitative estimate of drug-likeness (QED) is 0.778. The average Bonchev–Trinajstić information content (AvgIpc) is 2.46. The molecule has 0 spiro atoms. The third-order valence-corrected chi connectivity index (χ3v) is 5.01. The minimum Gasteiger partial charge on any atom is -0.391 e. The lowest BCUT2D eigenvalue weighted by atomic mass is 9.80. The predicted octanol–water partition coefficient (Wildman–Crippen LogP) is 0.206. The van der Waals surface area contributed by atoms with E-state index in [2.05, 4.69) is 5.32 Å². The summed E-state index contributed by atoms with van der Waals surface area (Å²) in [6, 6.07) is -0.121. The van der Waals surface area contributed by atoms with Crippen LogP contribution in [0.5, 0.6) is 0 Å². The Balaban J connectivity index is 1.73. The van der Waals surface area contributed by atoms with E-state index in [9.17, 15) is 14.7 Å². The fraction of sp³-hybridized carbons (Fsp3) is 0.875. The van der Waals surface area contributed by atoms with Crippen LogP contribution in [0.25, 0.3) is 0 Å². The van der Waals surface area contributed by atoms with Crippen molar-refractivity contribution in [3.63, 3.8) is 0 Å². The number of carbonyl (C=O) groups is 2. The first-order chi connectivity index (χ1) is 10.3. The van der Waals surface area contributed by atoms with Crippen LogP contribution in [0.3, 0.4) is 0 Å². The zero-order valence-electron chi connectivity index (χ0n) is 14.0. The van der Waals surface area contributed by atoms with Gasteiger partial charge in [-0.1, -0.05) is 13.8 Å². The van der Waals surface area contributed by atoms with Gasteiger partial charge in [-0.3, -0.25) is 9.59 Å². The number of nitrogens with one attached hydrogen (secondary N) is 1. The molecule has 2 aliphatic rings. The van der Waals surface area contributed by atoms with E-state index >= 15 is 0 Å². The molecule has 0 aromatic heterocycles. The fourth-order valence-electron chi connectivity index (χ4n) is 3.05. The molecule has 0 aliphatic carbocycles. The van der Waals surface area contributed by atoms with Crippen molar-refractivity contribution in [3.8, 4) is 0 Å². The van der Waals surface area contributed by atoms with Crippen molar-refractivity contribution >= 4 is 11.8 Å². The molecular formula is C16H29N3O3. The number of piperidine rings is 1. The van der Waals surface area contributed by atoms with Gasteiger partial charge >= 0.3 is 0 Å². The van der Waals surface area contributed by atoms with Crippen LogP contribution in [0.15, 0.2) is 0 Å². The Morgan fingerprint density at radius 1 is 1.41 bits per heavy atom. The lowest BCUT2D eigenvalue weighted by Crippen LogP contribution is -2.54. The Bertz CT molecular complexity index is 425. The molecule has 6 nitrogen and oxygen atoms in total. The number of piperazine rings is 1. The molecular weight excluding hydrogens is 282 g/mol. The molecule has 0 aromatic rings. The number of carbonyl (C=O) groups excluding carboxylic acids is 2. The lowest BCUT2D eigenvalue weighted by Gasteiger charge is -2.41. The minimum absolute atomic E-state index is 0.0881. The number of hydrogen-bond donors (Lipinski definition) is 2. The molecule has 2 saturated heterocycles. The van der Waals surface area contributed by atoms with Gasteiger partial charge in [0.25, 0.3) is 0 Å². The molecule has 0 radical (unpaired) electrons. The van der Waals surface area contributed by atoms with Gasteiger partial charge in [-0.05, 0) is 25.2 Å². The Morgan fingerprint density at radius 3 is 2.82 bits per heavy atom. The van der Waals surface area contributed by atoms with Crippen molar-refractivity contribution < 1.29 is 14.7 Å². The van der Waals surface area contributed by atoms with Crippen molar-refractivity contribution in [2.75, 3.05) is 32.7 Å². The van der Waals surface area contributed by atoms with Crippen LogP contribution in [0.4, 0.5) is 0 Å². The van der Waals surface area contributed by atoms with E-state index in [-0.39, 0.29) is 23.3 Å². The highest BCUT2D eigenvalue weighted by atomic mass is 16.3. The highest BCUT2D eigenvalue weighted by Gasteiger charge is 2.35. The SMILES string of the molecule is CC1NCCN(CCCC(=O)N2CCC(C)(C)C(O)C2)C1=O. The third kappa shape index (κ3) is 3.98. The zero-order chi connectivity index (χ0) is 16.3. The summed E-state index contributed by atoms with van der Waals surface area (Å²) in [6.07, 6.45) is 1.50. The molecule has 2 amide bonds. The standard InChI is InChI=1S/C16H29N3O3/c1-12-15(22)18(10-7-17-12)8-4-5-14(21)19-9-6-16(2,3)13(20)11-19/h12-13,17,20H,4-11H2,1-3H3. The first-order valence-electron chi connectivity index (χ1n) is 8.29. The monoisotopic (exact) mass is 311 g/mol. The molecule has 6 heteroatoms. The summed E-state index contributed by atoms with van der Waals surface area (Å²) in [5, 5.41) is 13.2. The second kappa shape index (κ2) is 6.96. The number of aliphatic hydroxyl groups excluding tert-OH is 1. The summed E-state index contributed by atoms with van der Waals surface area (Å²) < 4.78 is 0. The van der Waals surface area contributed by atoms with Crippen molar-refractivity contribution in [1.82, 2.24) is 15.1 Å². The second-order valence-electron chi connectivity index (χ2n) is 7.20. The predicted molar refractivity (Wildman–Crippen MR) is 84.3 cm³/mol. The van der Waals surface area contributed by atoms with Crippen LogP contribution < -0.4 is 5.32 Å². The lowest BCUT2D eigenvalue weighted by molar-refractivity contribution is -0.139.